The SMILES string of the molecule is OC1(CNC(c2ccccc2)c2ccccc2)CCOC1. The van der Waals surface area contributed by atoms with E-state index in [9.17, 15) is 5.11 Å². The Balaban J connectivity index is 1.80. The van der Waals surface area contributed by atoms with Crippen molar-refractivity contribution in [3.63, 3.8) is 0 Å². The number of hydrogen-bond acceptors (Lipinski definition) is 3. The predicted octanol–water partition coefficient (Wildman–Crippen LogP) is 2.52. The molecule has 2 aromatic rings. The van der Waals surface area contributed by atoms with Crippen LogP contribution in [0.4, 0.5) is 0 Å². The van der Waals surface area contributed by atoms with E-state index >= 15 is 0 Å². The summed E-state index contributed by atoms with van der Waals surface area (Å²) < 4.78 is 5.31. The standard InChI is InChI=1S/C18H21NO2/c20-18(11-12-21-14-18)13-19-17(15-7-3-1-4-8-15)16-9-5-2-6-10-16/h1-10,17,19-20H,11-14H2. The molecule has 1 unspecified atom stereocenters. The van der Waals surface area contributed by atoms with E-state index in [1.807, 2.05) is 36.4 Å². The van der Waals surface area contributed by atoms with Gasteiger partial charge in [-0.25, -0.2) is 0 Å². The fourth-order valence-electron chi connectivity index (χ4n) is 2.75. The van der Waals surface area contributed by atoms with Gasteiger partial charge in [-0.15, -0.1) is 0 Å². The highest BCUT2D eigenvalue weighted by atomic mass is 16.5. The van der Waals surface area contributed by atoms with Crippen LogP contribution < -0.4 is 5.32 Å². The zero-order chi connectivity index (χ0) is 14.5. The van der Waals surface area contributed by atoms with Crippen molar-refractivity contribution >= 4 is 0 Å². The summed E-state index contributed by atoms with van der Waals surface area (Å²) in [5.74, 6) is 0. The van der Waals surface area contributed by atoms with Crippen molar-refractivity contribution in [2.24, 2.45) is 0 Å². The molecule has 0 bridgehead atoms. The first-order valence-corrected chi connectivity index (χ1v) is 7.40. The topological polar surface area (TPSA) is 41.5 Å². The van der Waals surface area contributed by atoms with Gasteiger partial charge in [0.15, 0.2) is 0 Å². The van der Waals surface area contributed by atoms with E-state index in [1.54, 1.807) is 0 Å². The monoisotopic (exact) mass is 283 g/mol. The van der Waals surface area contributed by atoms with E-state index in [0.29, 0.717) is 26.2 Å². The molecule has 1 saturated heterocycles. The Bertz CT molecular complexity index is 510. The van der Waals surface area contributed by atoms with Gasteiger partial charge < -0.3 is 15.2 Å². The fraction of sp³-hybridized carbons (Fsp3) is 0.333. The molecule has 0 aromatic heterocycles. The summed E-state index contributed by atoms with van der Waals surface area (Å²) >= 11 is 0. The lowest BCUT2D eigenvalue weighted by molar-refractivity contribution is 0.0257. The van der Waals surface area contributed by atoms with Crippen LogP contribution in [-0.2, 0) is 4.74 Å². The maximum Gasteiger partial charge on any atom is 0.103 e. The van der Waals surface area contributed by atoms with Crippen LogP contribution in [0.15, 0.2) is 60.7 Å². The van der Waals surface area contributed by atoms with Gasteiger partial charge in [0.1, 0.15) is 5.60 Å². The number of rotatable bonds is 5. The Morgan fingerprint density at radius 3 is 2.05 bits per heavy atom. The van der Waals surface area contributed by atoms with Crippen molar-refractivity contribution in [3.8, 4) is 0 Å². The second-order valence-corrected chi connectivity index (χ2v) is 5.66. The van der Waals surface area contributed by atoms with Crippen LogP contribution in [0.1, 0.15) is 23.6 Å². The molecule has 3 rings (SSSR count). The van der Waals surface area contributed by atoms with Gasteiger partial charge in [0.2, 0.25) is 0 Å². The van der Waals surface area contributed by atoms with Crippen LogP contribution in [0.5, 0.6) is 0 Å². The summed E-state index contributed by atoms with van der Waals surface area (Å²) in [4.78, 5) is 0. The third-order valence-electron chi connectivity index (χ3n) is 3.98. The number of benzene rings is 2. The first-order valence-electron chi connectivity index (χ1n) is 7.40. The predicted molar refractivity (Wildman–Crippen MR) is 83.1 cm³/mol. The summed E-state index contributed by atoms with van der Waals surface area (Å²) in [5.41, 5.74) is 1.65. The number of ether oxygens (including phenoxy) is 1. The highest BCUT2D eigenvalue weighted by Crippen LogP contribution is 2.24. The highest BCUT2D eigenvalue weighted by molar-refractivity contribution is 5.31. The minimum absolute atomic E-state index is 0.0806. The second-order valence-electron chi connectivity index (χ2n) is 5.66. The summed E-state index contributed by atoms with van der Waals surface area (Å²) in [7, 11) is 0. The number of aliphatic hydroxyl groups is 1. The van der Waals surface area contributed by atoms with E-state index < -0.39 is 5.60 Å². The highest BCUT2D eigenvalue weighted by Gasteiger charge is 2.32. The molecule has 21 heavy (non-hydrogen) atoms. The van der Waals surface area contributed by atoms with Crippen molar-refractivity contribution in [1.29, 1.82) is 0 Å². The summed E-state index contributed by atoms with van der Waals surface area (Å²) in [6.07, 6.45) is 0.691. The molecule has 0 spiro atoms. The van der Waals surface area contributed by atoms with Crippen LogP contribution in [0, 0.1) is 0 Å². The first kappa shape index (κ1) is 14.3. The first-order chi connectivity index (χ1) is 10.3. The normalized spacial score (nSPS) is 21.8. The van der Waals surface area contributed by atoms with Crippen molar-refractivity contribution in [2.45, 2.75) is 18.1 Å². The molecule has 3 heteroatoms. The van der Waals surface area contributed by atoms with E-state index in [-0.39, 0.29) is 6.04 Å². The van der Waals surface area contributed by atoms with E-state index in [1.165, 1.54) is 11.1 Å². The molecule has 0 amide bonds. The second kappa shape index (κ2) is 6.39. The molecule has 3 nitrogen and oxygen atoms in total. The maximum absolute atomic E-state index is 10.4. The third-order valence-corrected chi connectivity index (χ3v) is 3.98. The number of hydrogen-bond donors (Lipinski definition) is 2. The zero-order valence-electron chi connectivity index (χ0n) is 12.0. The van der Waals surface area contributed by atoms with Crippen molar-refractivity contribution < 1.29 is 9.84 Å². The fourth-order valence-corrected chi connectivity index (χ4v) is 2.75. The molecule has 1 aliphatic heterocycles. The Kier molecular flexibility index (Phi) is 4.34. The Hall–Kier alpha value is -1.68. The molecule has 1 aliphatic rings. The molecular weight excluding hydrogens is 262 g/mol. The smallest absolute Gasteiger partial charge is 0.103 e. The van der Waals surface area contributed by atoms with E-state index in [2.05, 4.69) is 29.6 Å². The average molecular weight is 283 g/mol. The average Bonchev–Trinajstić information content (AvgIpc) is 2.97. The molecule has 110 valence electrons. The summed E-state index contributed by atoms with van der Waals surface area (Å²) in [6, 6.07) is 20.7. The minimum atomic E-state index is -0.748. The molecular formula is C18H21NO2. The van der Waals surface area contributed by atoms with Gasteiger partial charge in [0.05, 0.1) is 12.6 Å². The van der Waals surface area contributed by atoms with Gasteiger partial charge in [-0.2, -0.15) is 0 Å². The van der Waals surface area contributed by atoms with E-state index in [4.69, 9.17) is 4.74 Å². The Morgan fingerprint density at radius 2 is 1.57 bits per heavy atom. The largest absolute Gasteiger partial charge is 0.386 e. The maximum atomic E-state index is 10.4. The van der Waals surface area contributed by atoms with Crippen molar-refractivity contribution in [3.05, 3.63) is 71.8 Å². The van der Waals surface area contributed by atoms with E-state index in [0.717, 1.165) is 0 Å². The summed E-state index contributed by atoms with van der Waals surface area (Å²) in [6.45, 7) is 1.58. The van der Waals surface area contributed by atoms with Crippen LogP contribution in [0.25, 0.3) is 0 Å². The molecule has 0 saturated carbocycles. The van der Waals surface area contributed by atoms with Crippen molar-refractivity contribution in [1.82, 2.24) is 5.32 Å². The number of nitrogens with one attached hydrogen (secondary N) is 1. The van der Waals surface area contributed by atoms with Crippen LogP contribution in [-0.4, -0.2) is 30.5 Å². The lowest BCUT2D eigenvalue weighted by atomic mass is 9.96. The molecule has 0 aliphatic carbocycles. The molecule has 1 heterocycles. The lowest BCUT2D eigenvalue weighted by Gasteiger charge is -2.26. The van der Waals surface area contributed by atoms with Gasteiger partial charge in [-0.05, 0) is 11.1 Å². The third kappa shape index (κ3) is 3.50. The van der Waals surface area contributed by atoms with Crippen molar-refractivity contribution in [2.75, 3.05) is 19.8 Å². The quantitative estimate of drug-likeness (QED) is 0.886. The van der Waals surface area contributed by atoms with Crippen LogP contribution in [0.2, 0.25) is 0 Å². The molecule has 2 N–H and O–H groups in total. The molecule has 1 fully saturated rings. The Morgan fingerprint density at radius 1 is 1.00 bits per heavy atom. The van der Waals surface area contributed by atoms with Gasteiger partial charge >= 0.3 is 0 Å². The van der Waals surface area contributed by atoms with Gasteiger partial charge in [-0.1, -0.05) is 60.7 Å². The van der Waals surface area contributed by atoms with Crippen LogP contribution >= 0.6 is 0 Å². The van der Waals surface area contributed by atoms with Gasteiger partial charge in [0, 0.05) is 19.6 Å². The van der Waals surface area contributed by atoms with Crippen LogP contribution in [0.3, 0.4) is 0 Å². The Labute approximate surface area is 125 Å². The van der Waals surface area contributed by atoms with Gasteiger partial charge in [0.25, 0.3) is 0 Å². The van der Waals surface area contributed by atoms with Gasteiger partial charge in [-0.3, -0.25) is 0 Å². The lowest BCUT2D eigenvalue weighted by Crippen LogP contribution is -2.42. The minimum Gasteiger partial charge on any atom is -0.386 e. The zero-order valence-corrected chi connectivity index (χ0v) is 12.0. The molecule has 0 radical (unpaired) electrons. The molecule has 1 atom stereocenters. The molecule has 2 aromatic carbocycles. The summed E-state index contributed by atoms with van der Waals surface area (Å²) in [5, 5.41) is 14.0.